The van der Waals surface area contributed by atoms with Gasteiger partial charge in [-0.15, -0.1) is 6.58 Å². The lowest BCUT2D eigenvalue weighted by atomic mass is 10.1. The molecule has 0 aromatic heterocycles. The van der Waals surface area contributed by atoms with E-state index in [0.29, 0.717) is 36.0 Å². The standard InChI is InChI=1S/C22H28ClN3O3S/c1-3-13-25(2)14-4-5-16-29-21-10-11-22-18(17-21)12-15-26(22)30(27,28)24-20-8-6-19(23)7-9-20/h3,6-11,17,24H,1,4-5,12-16H2,2H3. The van der Waals surface area contributed by atoms with Crippen molar-refractivity contribution in [2.45, 2.75) is 19.3 Å². The number of rotatable bonds is 11. The second kappa shape index (κ2) is 10.2. The lowest BCUT2D eigenvalue weighted by molar-refractivity contribution is 0.287. The van der Waals surface area contributed by atoms with Gasteiger partial charge >= 0.3 is 10.2 Å². The Morgan fingerprint density at radius 3 is 2.73 bits per heavy atom. The normalized spacial score (nSPS) is 13.4. The molecule has 0 spiro atoms. The van der Waals surface area contributed by atoms with Gasteiger partial charge in [0.1, 0.15) is 5.75 Å². The Balaban J connectivity index is 1.56. The van der Waals surface area contributed by atoms with Crippen LogP contribution in [0.1, 0.15) is 18.4 Å². The van der Waals surface area contributed by atoms with E-state index in [1.807, 2.05) is 24.3 Å². The van der Waals surface area contributed by atoms with Crippen LogP contribution in [0.3, 0.4) is 0 Å². The van der Waals surface area contributed by atoms with Crippen LogP contribution in [-0.4, -0.2) is 46.6 Å². The van der Waals surface area contributed by atoms with Crippen LogP contribution in [0.5, 0.6) is 5.75 Å². The van der Waals surface area contributed by atoms with Gasteiger partial charge in [-0.1, -0.05) is 17.7 Å². The zero-order valence-electron chi connectivity index (χ0n) is 17.2. The van der Waals surface area contributed by atoms with Crippen LogP contribution in [0.4, 0.5) is 11.4 Å². The van der Waals surface area contributed by atoms with Gasteiger partial charge in [-0.05, 0) is 80.9 Å². The van der Waals surface area contributed by atoms with E-state index >= 15 is 0 Å². The molecule has 0 aliphatic carbocycles. The first-order chi connectivity index (χ1) is 14.4. The number of hydrogen-bond acceptors (Lipinski definition) is 4. The molecule has 0 saturated carbocycles. The molecule has 2 aromatic carbocycles. The summed E-state index contributed by atoms with van der Waals surface area (Å²) in [6.45, 7) is 6.68. The van der Waals surface area contributed by atoms with Crippen LogP contribution >= 0.6 is 11.6 Å². The van der Waals surface area contributed by atoms with Crippen LogP contribution in [0.25, 0.3) is 0 Å². The second-order valence-corrected chi connectivity index (χ2v) is 9.36. The highest BCUT2D eigenvalue weighted by molar-refractivity contribution is 7.94. The van der Waals surface area contributed by atoms with Crippen molar-refractivity contribution in [1.82, 2.24) is 4.90 Å². The Morgan fingerprint density at radius 1 is 1.23 bits per heavy atom. The van der Waals surface area contributed by atoms with Crippen molar-refractivity contribution >= 4 is 33.2 Å². The average molecular weight is 450 g/mol. The number of halogens is 1. The number of nitrogens with zero attached hydrogens (tertiary/aromatic N) is 2. The number of anilines is 2. The Morgan fingerprint density at radius 2 is 2.00 bits per heavy atom. The van der Waals surface area contributed by atoms with E-state index in [1.165, 1.54) is 4.31 Å². The van der Waals surface area contributed by atoms with Crippen LogP contribution in [0.15, 0.2) is 55.1 Å². The molecule has 6 nitrogen and oxygen atoms in total. The fourth-order valence-corrected chi connectivity index (χ4v) is 4.83. The smallest absolute Gasteiger partial charge is 0.323 e. The number of likely N-dealkylation sites (N-methyl/N-ethyl adjacent to an activating group) is 1. The van der Waals surface area contributed by atoms with Gasteiger partial charge in [0.2, 0.25) is 0 Å². The highest BCUT2D eigenvalue weighted by Crippen LogP contribution is 2.33. The number of hydrogen-bond donors (Lipinski definition) is 1. The van der Waals surface area contributed by atoms with Gasteiger partial charge in [-0.2, -0.15) is 8.42 Å². The fraction of sp³-hybridized carbons (Fsp3) is 0.364. The molecule has 8 heteroatoms. The first-order valence-electron chi connectivity index (χ1n) is 10.0. The molecule has 2 aromatic rings. The van der Waals surface area contributed by atoms with Crippen molar-refractivity contribution in [2.24, 2.45) is 0 Å². The predicted molar refractivity (Wildman–Crippen MR) is 124 cm³/mol. The van der Waals surface area contributed by atoms with Crippen LogP contribution in [0, 0.1) is 0 Å². The molecule has 0 saturated heterocycles. The lowest BCUT2D eigenvalue weighted by Crippen LogP contribution is -2.34. The Kier molecular flexibility index (Phi) is 7.64. The minimum absolute atomic E-state index is 0.400. The van der Waals surface area contributed by atoms with Gasteiger partial charge in [0, 0.05) is 18.1 Å². The summed E-state index contributed by atoms with van der Waals surface area (Å²) in [5, 5.41) is 0.556. The third-order valence-corrected chi connectivity index (χ3v) is 6.63. The highest BCUT2D eigenvalue weighted by Gasteiger charge is 2.29. The molecule has 0 amide bonds. The molecule has 0 bridgehead atoms. The maximum Gasteiger partial charge on any atom is 0.323 e. The molecule has 0 atom stereocenters. The molecule has 0 radical (unpaired) electrons. The van der Waals surface area contributed by atoms with Crippen LogP contribution < -0.4 is 13.8 Å². The summed E-state index contributed by atoms with van der Waals surface area (Å²) in [5.41, 5.74) is 2.14. The number of ether oxygens (including phenoxy) is 1. The number of unbranched alkanes of at least 4 members (excludes halogenated alkanes) is 1. The molecular formula is C22H28ClN3O3S. The van der Waals surface area contributed by atoms with E-state index in [9.17, 15) is 8.42 Å². The fourth-order valence-electron chi connectivity index (χ4n) is 3.39. The minimum atomic E-state index is -3.70. The van der Waals surface area contributed by atoms with Gasteiger partial charge < -0.3 is 9.64 Å². The molecule has 1 aliphatic heterocycles. The molecule has 1 aliphatic rings. The highest BCUT2D eigenvalue weighted by atomic mass is 35.5. The van der Waals surface area contributed by atoms with Gasteiger partial charge in [0.05, 0.1) is 18.0 Å². The molecule has 0 unspecified atom stereocenters. The summed E-state index contributed by atoms with van der Waals surface area (Å²) in [6.07, 6.45) is 4.57. The average Bonchev–Trinajstić information content (AvgIpc) is 3.14. The number of nitrogens with one attached hydrogen (secondary N) is 1. The van der Waals surface area contributed by atoms with Crippen molar-refractivity contribution in [3.63, 3.8) is 0 Å². The van der Waals surface area contributed by atoms with Crippen molar-refractivity contribution < 1.29 is 13.2 Å². The quantitative estimate of drug-likeness (QED) is 0.409. The third-order valence-electron chi connectivity index (χ3n) is 4.93. The second-order valence-electron chi connectivity index (χ2n) is 7.33. The van der Waals surface area contributed by atoms with Crippen LogP contribution in [-0.2, 0) is 16.6 Å². The monoisotopic (exact) mass is 449 g/mol. The Hall–Kier alpha value is -2.22. The third kappa shape index (κ3) is 5.90. The lowest BCUT2D eigenvalue weighted by Gasteiger charge is -2.20. The Bertz CT molecular complexity index is 964. The van der Waals surface area contributed by atoms with Gasteiger partial charge in [-0.25, -0.2) is 0 Å². The molecule has 1 heterocycles. The van der Waals surface area contributed by atoms with Crippen molar-refractivity contribution in [2.75, 3.05) is 42.3 Å². The van der Waals surface area contributed by atoms with E-state index in [2.05, 4.69) is 23.2 Å². The van der Waals surface area contributed by atoms with E-state index in [1.54, 1.807) is 24.3 Å². The van der Waals surface area contributed by atoms with E-state index < -0.39 is 10.2 Å². The van der Waals surface area contributed by atoms with Gasteiger partial charge in [0.15, 0.2) is 0 Å². The van der Waals surface area contributed by atoms with E-state index in [-0.39, 0.29) is 0 Å². The van der Waals surface area contributed by atoms with Crippen LogP contribution in [0.2, 0.25) is 5.02 Å². The van der Waals surface area contributed by atoms with E-state index in [0.717, 1.165) is 37.2 Å². The summed E-state index contributed by atoms with van der Waals surface area (Å²) in [7, 11) is -1.63. The maximum atomic E-state index is 12.8. The zero-order valence-corrected chi connectivity index (χ0v) is 18.8. The topological polar surface area (TPSA) is 61.9 Å². The van der Waals surface area contributed by atoms with Crippen molar-refractivity contribution in [1.29, 1.82) is 0 Å². The summed E-state index contributed by atoms with van der Waals surface area (Å²) in [4.78, 5) is 2.22. The first-order valence-corrected chi connectivity index (χ1v) is 11.8. The number of fused-ring (bicyclic) bond motifs is 1. The largest absolute Gasteiger partial charge is 0.494 e. The molecule has 30 heavy (non-hydrogen) atoms. The molecule has 3 rings (SSSR count). The summed E-state index contributed by atoms with van der Waals surface area (Å²) in [6, 6.07) is 12.2. The van der Waals surface area contributed by atoms with Crippen molar-refractivity contribution in [3.8, 4) is 5.75 Å². The Labute approximate surface area is 184 Å². The SMILES string of the molecule is C=CCN(C)CCCCOc1ccc2c(c1)CCN2S(=O)(=O)Nc1ccc(Cl)cc1. The van der Waals surface area contributed by atoms with Gasteiger partial charge in [-0.3, -0.25) is 9.03 Å². The first kappa shape index (κ1) is 22.5. The molecule has 0 fully saturated rings. The molecule has 162 valence electrons. The summed E-state index contributed by atoms with van der Waals surface area (Å²) in [5.74, 6) is 0.776. The van der Waals surface area contributed by atoms with E-state index in [4.69, 9.17) is 16.3 Å². The molecule has 1 N–H and O–H groups in total. The zero-order chi connectivity index (χ0) is 21.6. The molecular weight excluding hydrogens is 422 g/mol. The summed E-state index contributed by atoms with van der Waals surface area (Å²) >= 11 is 5.87. The van der Waals surface area contributed by atoms with Crippen molar-refractivity contribution in [3.05, 3.63) is 65.7 Å². The number of benzene rings is 2. The summed E-state index contributed by atoms with van der Waals surface area (Å²) < 4.78 is 35.5. The van der Waals surface area contributed by atoms with Gasteiger partial charge in [0.25, 0.3) is 0 Å². The maximum absolute atomic E-state index is 12.8. The minimum Gasteiger partial charge on any atom is -0.494 e. The predicted octanol–water partition coefficient (Wildman–Crippen LogP) is 4.34.